The molecule has 0 aliphatic heterocycles. The zero-order chi connectivity index (χ0) is 19.1. The van der Waals surface area contributed by atoms with Crippen molar-refractivity contribution in [3.8, 4) is 5.75 Å². The van der Waals surface area contributed by atoms with Crippen LogP contribution in [0.25, 0.3) is 0 Å². The van der Waals surface area contributed by atoms with Crippen molar-refractivity contribution in [2.75, 3.05) is 6.54 Å². The number of nitrogens with one attached hydrogen (secondary N) is 1. The van der Waals surface area contributed by atoms with E-state index in [9.17, 15) is 14.9 Å². The van der Waals surface area contributed by atoms with E-state index in [-0.39, 0.29) is 29.7 Å². The lowest BCUT2D eigenvalue weighted by molar-refractivity contribution is -0.386. The van der Waals surface area contributed by atoms with Crippen LogP contribution < -0.4 is 10.1 Å². The number of hydrogen-bond acceptors (Lipinski definition) is 6. The van der Waals surface area contributed by atoms with Crippen molar-refractivity contribution in [1.29, 1.82) is 0 Å². The second-order valence-electron chi connectivity index (χ2n) is 5.66. The average molecular weight is 370 g/mol. The van der Waals surface area contributed by atoms with Crippen LogP contribution in [0.4, 0.5) is 5.69 Å². The normalized spacial score (nSPS) is 10.5. The van der Waals surface area contributed by atoms with Gasteiger partial charge in [0.25, 0.3) is 5.91 Å². The number of ether oxygens (including phenoxy) is 1. The Morgan fingerprint density at radius 2 is 2.11 bits per heavy atom. The number of nitro benzene ring substituents is 1. The summed E-state index contributed by atoms with van der Waals surface area (Å²) in [5.74, 6) is 0.376. The maximum absolute atomic E-state index is 12.1. The van der Waals surface area contributed by atoms with Gasteiger partial charge in [-0.25, -0.2) is 0 Å². The number of benzene rings is 1. The maximum atomic E-state index is 12.1. The molecule has 9 nitrogen and oxygen atoms in total. The summed E-state index contributed by atoms with van der Waals surface area (Å²) in [5, 5.41) is 17.8. The quantitative estimate of drug-likeness (QED) is 0.352. The van der Waals surface area contributed by atoms with Crippen LogP contribution in [0.1, 0.15) is 22.7 Å². The standard InChI is InChI=1S/C18H18N4O5/c23-18(19-9-3-11-21-12-4-10-20-21)17-8-7-14(27-17)13-26-16-6-2-1-5-15(16)22(24)25/h1-2,4-8,10,12H,3,9,11,13H2,(H,19,23). The molecule has 1 N–H and O–H groups in total. The molecule has 2 heterocycles. The number of nitro groups is 1. The lowest BCUT2D eigenvalue weighted by atomic mass is 10.3. The van der Waals surface area contributed by atoms with Gasteiger partial charge in [0.2, 0.25) is 0 Å². The zero-order valence-corrected chi connectivity index (χ0v) is 14.4. The fraction of sp³-hybridized carbons (Fsp3) is 0.222. The van der Waals surface area contributed by atoms with Crippen molar-refractivity contribution < 1.29 is 18.9 Å². The topological polar surface area (TPSA) is 112 Å². The molecular formula is C18H18N4O5. The molecule has 1 aromatic carbocycles. The molecule has 9 heteroatoms. The van der Waals surface area contributed by atoms with E-state index in [1.807, 2.05) is 12.3 Å². The van der Waals surface area contributed by atoms with Gasteiger partial charge in [-0.05, 0) is 30.7 Å². The van der Waals surface area contributed by atoms with E-state index in [4.69, 9.17) is 9.15 Å². The summed E-state index contributed by atoms with van der Waals surface area (Å²) >= 11 is 0. The molecule has 2 aromatic heterocycles. The Morgan fingerprint density at radius 3 is 2.89 bits per heavy atom. The molecule has 27 heavy (non-hydrogen) atoms. The number of hydrogen-bond donors (Lipinski definition) is 1. The van der Waals surface area contributed by atoms with Crippen molar-refractivity contribution >= 4 is 11.6 Å². The molecule has 140 valence electrons. The Hall–Kier alpha value is -3.62. The summed E-state index contributed by atoms with van der Waals surface area (Å²) in [6.45, 7) is 1.18. The van der Waals surface area contributed by atoms with Gasteiger partial charge in [0.1, 0.15) is 12.4 Å². The second-order valence-corrected chi connectivity index (χ2v) is 5.66. The predicted molar refractivity (Wildman–Crippen MR) is 95.3 cm³/mol. The number of nitrogens with zero attached hydrogens (tertiary/aromatic N) is 3. The summed E-state index contributed by atoms with van der Waals surface area (Å²) in [7, 11) is 0. The number of aryl methyl sites for hydroxylation is 1. The largest absolute Gasteiger partial charge is 0.479 e. The third kappa shape index (κ3) is 4.94. The van der Waals surface area contributed by atoms with Crippen LogP contribution in [0, 0.1) is 10.1 Å². The average Bonchev–Trinajstić information content (AvgIpc) is 3.35. The zero-order valence-electron chi connectivity index (χ0n) is 14.4. The predicted octanol–water partition coefficient (Wildman–Crippen LogP) is 2.78. The third-order valence-corrected chi connectivity index (χ3v) is 3.73. The first-order chi connectivity index (χ1) is 13.1. The first kappa shape index (κ1) is 18.2. The summed E-state index contributed by atoms with van der Waals surface area (Å²) in [5.41, 5.74) is -0.126. The highest BCUT2D eigenvalue weighted by molar-refractivity contribution is 5.91. The molecule has 0 radical (unpaired) electrons. The van der Waals surface area contributed by atoms with Gasteiger partial charge in [-0.1, -0.05) is 12.1 Å². The smallest absolute Gasteiger partial charge is 0.310 e. The molecule has 1 amide bonds. The van der Waals surface area contributed by atoms with Gasteiger partial charge >= 0.3 is 5.69 Å². The molecule has 0 aliphatic carbocycles. The first-order valence-electron chi connectivity index (χ1n) is 8.34. The lowest BCUT2D eigenvalue weighted by Crippen LogP contribution is -2.24. The summed E-state index contributed by atoms with van der Waals surface area (Å²) in [6, 6.07) is 11.1. The van der Waals surface area contributed by atoms with Crippen LogP contribution >= 0.6 is 0 Å². The number of carbonyl (C=O) groups excluding carboxylic acids is 1. The molecule has 0 unspecified atom stereocenters. The van der Waals surface area contributed by atoms with Crippen molar-refractivity contribution in [3.05, 3.63) is 76.5 Å². The molecule has 0 fully saturated rings. The lowest BCUT2D eigenvalue weighted by Gasteiger charge is -2.05. The van der Waals surface area contributed by atoms with E-state index < -0.39 is 4.92 Å². The highest BCUT2D eigenvalue weighted by Crippen LogP contribution is 2.26. The van der Waals surface area contributed by atoms with Gasteiger partial charge in [0, 0.05) is 31.5 Å². The van der Waals surface area contributed by atoms with Crippen LogP contribution in [-0.2, 0) is 13.2 Å². The van der Waals surface area contributed by atoms with Crippen molar-refractivity contribution in [1.82, 2.24) is 15.1 Å². The van der Waals surface area contributed by atoms with E-state index in [1.54, 1.807) is 35.1 Å². The van der Waals surface area contributed by atoms with Crippen molar-refractivity contribution in [2.24, 2.45) is 0 Å². The molecule has 3 rings (SSSR count). The van der Waals surface area contributed by atoms with E-state index in [0.717, 1.165) is 6.42 Å². The molecule has 3 aromatic rings. The highest BCUT2D eigenvalue weighted by atomic mass is 16.6. The van der Waals surface area contributed by atoms with Gasteiger partial charge in [0.05, 0.1) is 4.92 Å². The minimum atomic E-state index is -0.514. The molecular weight excluding hydrogens is 352 g/mol. The van der Waals surface area contributed by atoms with Crippen molar-refractivity contribution in [3.63, 3.8) is 0 Å². The van der Waals surface area contributed by atoms with Crippen molar-refractivity contribution in [2.45, 2.75) is 19.6 Å². The van der Waals surface area contributed by atoms with Gasteiger partial charge in [0.15, 0.2) is 11.5 Å². The highest BCUT2D eigenvalue weighted by Gasteiger charge is 2.15. The number of aromatic nitrogens is 2. The summed E-state index contributed by atoms with van der Waals surface area (Å²) in [4.78, 5) is 22.5. The summed E-state index contributed by atoms with van der Waals surface area (Å²) in [6.07, 6.45) is 4.30. The van der Waals surface area contributed by atoms with E-state index >= 15 is 0 Å². The van der Waals surface area contributed by atoms with Crippen LogP contribution in [0.2, 0.25) is 0 Å². The van der Waals surface area contributed by atoms with Gasteiger partial charge in [-0.2, -0.15) is 5.10 Å². The molecule has 0 aliphatic rings. The number of amides is 1. The first-order valence-corrected chi connectivity index (χ1v) is 8.34. The molecule has 0 saturated carbocycles. The molecule has 0 saturated heterocycles. The number of rotatable bonds is 9. The molecule has 0 spiro atoms. The fourth-order valence-electron chi connectivity index (χ4n) is 2.42. The Morgan fingerprint density at radius 1 is 1.26 bits per heavy atom. The third-order valence-electron chi connectivity index (χ3n) is 3.73. The maximum Gasteiger partial charge on any atom is 0.310 e. The Balaban J connectivity index is 1.48. The van der Waals surface area contributed by atoms with Crippen LogP contribution in [-0.4, -0.2) is 27.2 Å². The van der Waals surface area contributed by atoms with Crippen LogP contribution in [0.3, 0.4) is 0 Å². The molecule has 0 atom stereocenters. The molecule has 0 bridgehead atoms. The number of furan rings is 1. The Bertz CT molecular complexity index is 904. The monoisotopic (exact) mass is 370 g/mol. The van der Waals surface area contributed by atoms with Gasteiger partial charge in [-0.15, -0.1) is 0 Å². The van der Waals surface area contributed by atoms with Crippen LogP contribution in [0.5, 0.6) is 5.75 Å². The number of para-hydroxylation sites is 2. The van der Waals surface area contributed by atoms with Gasteiger partial charge < -0.3 is 14.5 Å². The van der Waals surface area contributed by atoms with E-state index in [0.29, 0.717) is 18.8 Å². The SMILES string of the molecule is O=C(NCCCn1cccn1)c1ccc(COc2ccccc2[N+](=O)[O-])o1. The Kier molecular flexibility index (Phi) is 5.83. The van der Waals surface area contributed by atoms with Crippen LogP contribution in [0.15, 0.2) is 59.3 Å². The summed E-state index contributed by atoms with van der Waals surface area (Å²) < 4.78 is 12.7. The van der Waals surface area contributed by atoms with Gasteiger partial charge in [-0.3, -0.25) is 19.6 Å². The Labute approximate surface area is 154 Å². The minimum absolute atomic E-state index is 0.0164. The minimum Gasteiger partial charge on any atom is -0.479 e. The second kappa shape index (κ2) is 8.65. The fourth-order valence-corrected chi connectivity index (χ4v) is 2.42. The van der Waals surface area contributed by atoms with E-state index in [2.05, 4.69) is 10.4 Å². The van der Waals surface area contributed by atoms with E-state index in [1.165, 1.54) is 12.1 Å². The number of carbonyl (C=O) groups is 1.